The highest BCUT2D eigenvalue weighted by molar-refractivity contribution is 6.35. The maximum atomic E-state index is 13.4. The van der Waals surface area contributed by atoms with Gasteiger partial charge in [0, 0.05) is 23.3 Å². The van der Waals surface area contributed by atoms with E-state index in [1.807, 2.05) is 0 Å². The van der Waals surface area contributed by atoms with Crippen LogP contribution >= 0.6 is 0 Å². The lowest BCUT2D eigenvalue weighted by Gasteiger charge is -2.23. The number of benzene rings is 1. The number of anilines is 2. The average Bonchev–Trinajstić information content (AvgIpc) is 3.46. The summed E-state index contributed by atoms with van der Waals surface area (Å²) in [5, 5.41) is 0. The zero-order chi connectivity index (χ0) is 31.6. The normalized spacial score (nSPS) is 15.1. The monoisotopic (exact) mass is 604 g/mol. The van der Waals surface area contributed by atoms with Gasteiger partial charge in [-0.2, -0.15) is 0 Å². The van der Waals surface area contributed by atoms with E-state index >= 15 is 0 Å². The Morgan fingerprint density at radius 3 is 1.05 bits per heavy atom. The smallest absolute Gasteiger partial charge is 0.261 e. The first-order chi connectivity index (χ1) is 21.5. The third-order valence-electron chi connectivity index (χ3n) is 8.95. The van der Waals surface area contributed by atoms with Gasteiger partial charge in [0.15, 0.2) is 0 Å². The number of nitrogens with zero attached hydrogens (tertiary/aromatic N) is 2. The lowest BCUT2D eigenvalue weighted by molar-refractivity contribution is -0.122. The average molecular weight is 605 g/mol. The zero-order valence-electron chi connectivity index (χ0n) is 27.5. The fraction of sp³-hybridized carbons (Fsp3) is 0.632. The zero-order valence-corrected chi connectivity index (χ0v) is 27.5. The number of carbonyl (C=O) groups is 4. The van der Waals surface area contributed by atoms with Crippen LogP contribution in [0.1, 0.15) is 155 Å². The molecule has 4 amide bonds. The number of para-hydroxylation sites is 2. The van der Waals surface area contributed by atoms with Crippen LogP contribution in [0.5, 0.6) is 0 Å². The van der Waals surface area contributed by atoms with Gasteiger partial charge in [0.05, 0.1) is 11.4 Å². The van der Waals surface area contributed by atoms with Gasteiger partial charge in [0.25, 0.3) is 23.6 Å². The second-order valence-corrected chi connectivity index (χ2v) is 12.6. The number of rotatable bonds is 24. The molecule has 0 aliphatic carbocycles. The molecule has 0 fully saturated rings. The summed E-state index contributed by atoms with van der Waals surface area (Å²) in [6, 6.07) is 6.73. The van der Waals surface area contributed by atoms with E-state index in [-0.39, 0.29) is 23.2 Å². The van der Waals surface area contributed by atoms with Crippen molar-refractivity contribution < 1.29 is 19.2 Å². The van der Waals surface area contributed by atoms with E-state index in [0.717, 1.165) is 48.3 Å². The van der Waals surface area contributed by atoms with Gasteiger partial charge in [0.2, 0.25) is 0 Å². The molecule has 0 radical (unpaired) electrons. The van der Waals surface area contributed by atoms with Gasteiger partial charge in [-0.05, 0) is 37.8 Å². The van der Waals surface area contributed by atoms with Crippen LogP contribution in [-0.2, 0) is 19.2 Å². The molecule has 0 saturated heterocycles. The Balaban J connectivity index is 1.45. The van der Waals surface area contributed by atoms with Crippen LogP contribution in [0.15, 0.2) is 47.6 Å². The van der Waals surface area contributed by atoms with Gasteiger partial charge in [-0.1, -0.05) is 142 Å². The fourth-order valence-electron chi connectivity index (χ4n) is 6.30. The second kappa shape index (κ2) is 20.1. The molecule has 3 rings (SSSR count). The molecule has 1 aromatic carbocycles. The number of hydrogen-bond donors (Lipinski definition) is 0. The van der Waals surface area contributed by atoms with Crippen LogP contribution in [0, 0.1) is 0 Å². The molecule has 44 heavy (non-hydrogen) atoms. The van der Waals surface area contributed by atoms with Crippen LogP contribution < -0.4 is 9.80 Å². The largest absolute Gasteiger partial charge is 0.269 e. The lowest BCUT2D eigenvalue weighted by atomic mass is 10.0. The Morgan fingerprint density at radius 2 is 0.727 bits per heavy atom. The van der Waals surface area contributed by atoms with Gasteiger partial charge in [-0.25, -0.2) is 9.80 Å². The van der Waals surface area contributed by atoms with E-state index in [2.05, 4.69) is 13.8 Å². The Bertz CT molecular complexity index is 1060. The minimum absolute atomic E-state index is 0.284. The molecule has 2 aliphatic heterocycles. The third-order valence-corrected chi connectivity index (χ3v) is 8.95. The van der Waals surface area contributed by atoms with Crippen molar-refractivity contribution in [3.8, 4) is 0 Å². The first kappa shape index (κ1) is 35.5. The van der Waals surface area contributed by atoms with Crippen LogP contribution in [-0.4, -0.2) is 23.6 Å². The summed E-state index contributed by atoms with van der Waals surface area (Å²) in [6.45, 7) is 4.47. The standard InChI is InChI=1S/C38H56N2O4/c1-3-5-7-9-11-13-15-17-19-21-25-31-29-35(41)39(37(31)43)33-27-23-24-28-34(33)40-36(42)30-32(38(40)44)26-22-20-18-16-14-12-10-8-6-4-2/h23-24,27-30H,3-22,25-26H2,1-2H3. The fourth-order valence-corrected chi connectivity index (χ4v) is 6.30. The number of unbranched alkanes of at least 4 members (excludes halogenated alkanes) is 18. The summed E-state index contributed by atoms with van der Waals surface area (Å²) in [4.78, 5) is 55.0. The van der Waals surface area contributed by atoms with Crippen molar-refractivity contribution in [2.45, 2.75) is 155 Å². The van der Waals surface area contributed by atoms with Gasteiger partial charge in [-0.3, -0.25) is 19.2 Å². The molecule has 242 valence electrons. The van der Waals surface area contributed by atoms with Crippen LogP contribution in [0.4, 0.5) is 11.4 Å². The molecule has 1 aromatic rings. The number of carbonyl (C=O) groups excluding carboxylic acids is 4. The summed E-state index contributed by atoms with van der Waals surface area (Å²) < 4.78 is 0. The molecule has 0 unspecified atom stereocenters. The Morgan fingerprint density at radius 1 is 0.432 bits per heavy atom. The molecule has 0 spiro atoms. The van der Waals surface area contributed by atoms with Gasteiger partial charge >= 0.3 is 0 Å². The lowest BCUT2D eigenvalue weighted by Crippen LogP contribution is -2.36. The van der Waals surface area contributed by atoms with Crippen molar-refractivity contribution in [2.24, 2.45) is 0 Å². The topological polar surface area (TPSA) is 74.8 Å². The van der Waals surface area contributed by atoms with E-state index in [0.29, 0.717) is 24.0 Å². The van der Waals surface area contributed by atoms with Gasteiger partial charge in [-0.15, -0.1) is 0 Å². The van der Waals surface area contributed by atoms with Crippen molar-refractivity contribution in [1.29, 1.82) is 0 Å². The molecule has 0 aromatic heterocycles. The molecule has 6 heteroatoms. The van der Waals surface area contributed by atoms with E-state index in [1.165, 1.54) is 102 Å². The second-order valence-electron chi connectivity index (χ2n) is 12.6. The Kier molecular flexibility index (Phi) is 16.2. The molecule has 0 bridgehead atoms. The summed E-state index contributed by atoms with van der Waals surface area (Å²) in [5.74, 6) is -1.53. The number of hydrogen-bond acceptors (Lipinski definition) is 4. The number of imide groups is 2. The predicted molar refractivity (Wildman–Crippen MR) is 181 cm³/mol. The van der Waals surface area contributed by atoms with Gasteiger partial charge in [0.1, 0.15) is 0 Å². The first-order valence-electron chi connectivity index (χ1n) is 17.8. The van der Waals surface area contributed by atoms with Crippen molar-refractivity contribution in [1.82, 2.24) is 0 Å². The molecule has 2 aliphatic rings. The van der Waals surface area contributed by atoms with Crippen molar-refractivity contribution in [2.75, 3.05) is 9.80 Å². The summed E-state index contributed by atoms with van der Waals surface area (Å²) in [5.41, 5.74) is 1.57. The first-order valence-corrected chi connectivity index (χ1v) is 17.8. The highest BCUT2D eigenvalue weighted by Crippen LogP contribution is 2.36. The van der Waals surface area contributed by atoms with Crippen LogP contribution in [0.25, 0.3) is 0 Å². The number of amides is 4. The summed E-state index contributed by atoms with van der Waals surface area (Å²) in [6.07, 6.45) is 28.1. The maximum absolute atomic E-state index is 13.4. The highest BCUT2D eigenvalue weighted by atomic mass is 16.2. The van der Waals surface area contributed by atoms with Crippen molar-refractivity contribution >= 4 is 35.0 Å². The SMILES string of the molecule is CCCCCCCCCCCCC1=CC(=O)N(c2ccccc2N2C(=O)C=C(CCCCCCCCCCCC)C2=O)C1=O. The van der Waals surface area contributed by atoms with E-state index < -0.39 is 11.8 Å². The van der Waals surface area contributed by atoms with Crippen LogP contribution in [0.2, 0.25) is 0 Å². The van der Waals surface area contributed by atoms with E-state index in [1.54, 1.807) is 24.3 Å². The van der Waals surface area contributed by atoms with Crippen molar-refractivity contribution in [3.63, 3.8) is 0 Å². The Labute approximate surface area is 266 Å². The molecule has 0 atom stereocenters. The molecule has 2 heterocycles. The minimum Gasteiger partial charge on any atom is -0.269 e. The predicted octanol–water partition coefficient (Wildman–Crippen LogP) is 9.91. The van der Waals surface area contributed by atoms with Crippen LogP contribution in [0.3, 0.4) is 0 Å². The summed E-state index contributed by atoms with van der Waals surface area (Å²) in [7, 11) is 0. The summed E-state index contributed by atoms with van der Waals surface area (Å²) >= 11 is 0. The quantitative estimate of drug-likeness (QED) is 0.0869. The minimum atomic E-state index is -0.415. The maximum Gasteiger partial charge on any atom is 0.261 e. The van der Waals surface area contributed by atoms with Crippen molar-refractivity contribution in [3.05, 3.63) is 47.6 Å². The van der Waals surface area contributed by atoms with E-state index in [9.17, 15) is 19.2 Å². The molecule has 6 nitrogen and oxygen atoms in total. The molecule has 0 saturated carbocycles. The molecular formula is C38H56N2O4. The van der Waals surface area contributed by atoms with Gasteiger partial charge < -0.3 is 0 Å². The Hall–Kier alpha value is -3.02. The highest BCUT2D eigenvalue weighted by Gasteiger charge is 2.38. The van der Waals surface area contributed by atoms with E-state index in [4.69, 9.17) is 0 Å². The molecular weight excluding hydrogens is 548 g/mol. The molecule has 0 N–H and O–H groups in total. The third kappa shape index (κ3) is 10.9.